The number of aryl methyl sites for hydroxylation is 1. The number of ether oxygens (including phenoxy) is 1. The van der Waals surface area contributed by atoms with Gasteiger partial charge < -0.3 is 10.1 Å². The zero-order valence-electron chi connectivity index (χ0n) is 23.8. The molecule has 212 valence electrons. The minimum atomic E-state index is -3.93. The number of amides is 1. The van der Waals surface area contributed by atoms with Gasteiger partial charge in [0.15, 0.2) is 6.10 Å². The number of hydrogen-bond acceptors (Lipinski definition) is 5. The van der Waals surface area contributed by atoms with Crippen LogP contribution in [0.3, 0.4) is 0 Å². The molecular weight excluding hydrogens is 522 g/mol. The number of hydrogen-bond donors (Lipinski definition) is 1. The molecule has 0 aliphatic carbocycles. The van der Waals surface area contributed by atoms with Gasteiger partial charge in [-0.2, -0.15) is 0 Å². The molecule has 1 amide bonds. The summed E-state index contributed by atoms with van der Waals surface area (Å²) < 4.78 is 35.1. The lowest BCUT2D eigenvalue weighted by atomic mass is 9.86. The number of nitrogens with one attached hydrogen (secondary N) is 1. The zero-order chi connectivity index (χ0) is 28.5. The molecule has 5 rings (SSSR count). The number of fused-ring (bicyclic) bond motifs is 1. The van der Waals surface area contributed by atoms with E-state index in [1.807, 2.05) is 31.2 Å². The van der Waals surface area contributed by atoms with Crippen molar-refractivity contribution in [3.8, 4) is 5.75 Å². The summed E-state index contributed by atoms with van der Waals surface area (Å²) in [7, 11) is -3.93. The number of carbonyl (C=O) groups is 1. The predicted octanol–water partition coefficient (Wildman–Crippen LogP) is 5.16. The van der Waals surface area contributed by atoms with E-state index < -0.39 is 16.1 Å². The SMILES string of the molecule is Cc1ccc(S(=O)(=O)N2C[C@@H](C(=O)NCc3ccc(CN4CCCC4)cc3)Oc3ccc(C(C)(C)C)cc32)cc1. The summed E-state index contributed by atoms with van der Waals surface area (Å²) in [5.41, 5.74) is 4.45. The molecule has 0 unspecified atom stereocenters. The summed E-state index contributed by atoms with van der Waals surface area (Å²) >= 11 is 0. The Morgan fingerprint density at radius 1 is 0.950 bits per heavy atom. The maximum absolute atomic E-state index is 13.9. The number of likely N-dealkylation sites (tertiary alicyclic amines) is 1. The lowest BCUT2D eigenvalue weighted by Gasteiger charge is -2.36. The van der Waals surface area contributed by atoms with Gasteiger partial charge in [-0.1, -0.05) is 68.8 Å². The van der Waals surface area contributed by atoms with Crippen molar-refractivity contribution >= 4 is 21.6 Å². The van der Waals surface area contributed by atoms with Crippen molar-refractivity contribution < 1.29 is 17.9 Å². The monoisotopic (exact) mass is 561 g/mol. The normalized spacial score (nSPS) is 17.8. The van der Waals surface area contributed by atoms with E-state index in [1.54, 1.807) is 30.3 Å². The highest BCUT2D eigenvalue weighted by Crippen LogP contribution is 2.40. The smallest absolute Gasteiger partial charge is 0.264 e. The topological polar surface area (TPSA) is 79.0 Å². The van der Waals surface area contributed by atoms with Crippen molar-refractivity contribution in [2.45, 2.75) is 70.0 Å². The first-order valence-corrected chi connectivity index (χ1v) is 15.4. The highest BCUT2D eigenvalue weighted by atomic mass is 32.2. The Balaban J connectivity index is 1.34. The van der Waals surface area contributed by atoms with Gasteiger partial charge in [0.25, 0.3) is 15.9 Å². The third-order valence-electron chi connectivity index (χ3n) is 7.69. The highest BCUT2D eigenvalue weighted by Gasteiger charge is 2.38. The third-order valence-corrected chi connectivity index (χ3v) is 9.48. The van der Waals surface area contributed by atoms with Gasteiger partial charge in [0, 0.05) is 13.1 Å². The third kappa shape index (κ3) is 6.18. The van der Waals surface area contributed by atoms with E-state index in [9.17, 15) is 13.2 Å². The molecule has 0 spiro atoms. The molecule has 3 aromatic rings. The quantitative estimate of drug-likeness (QED) is 0.431. The Morgan fingerprint density at radius 3 is 2.25 bits per heavy atom. The maximum Gasteiger partial charge on any atom is 0.264 e. The summed E-state index contributed by atoms with van der Waals surface area (Å²) in [6.45, 7) is 11.6. The number of anilines is 1. The Morgan fingerprint density at radius 2 is 1.60 bits per heavy atom. The van der Waals surface area contributed by atoms with Crippen molar-refractivity contribution in [3.05, 3.63) is 89.0 Å². The number of sulfonamides is 1. The van der Waals surface area contributed by atoms with Crippen LogP contribution in [-0.4, -0.2) is 45.0 Å². The molecule has 7 nitrogen and oxygen atoms in total. The Kier molecular flexibility index (Phi) is 7.93. The largest absolute Gasteiger partial charge is 0.476 e. The summed E-state index contributed by atoms with van der Waals surface area (Å²) in [6.07, 6.45) is 1.54. The summed E-state index contributed by atoms with van der Waals surface area (Å²) in [4.78, 5) is 15.9. The van der Waals surface area contributed by atoms with Gasteiger partial charge >= 0.3 is 0 Å². The minimum absolute atomic E-state index is 0.114. The highest BCUT2D eigenvalue weighted by molar-refractivity contribution is 7.92. The summed E-state index contributed by atoms with van der Waals surface area (Å²) in [5, 5.41) is 2.95. The van der Waals surface area contributed by atoms with Crippen molar-refractivity contribution in [3.63, 3.8) is 0 Å². The van der Waals surface area contributed by atoms with Crippen molar-refractivity contribution in [1.29, 1.82) is 0 Å². The van der Waals surface area contributed by atoms with Crippen molar-refractivity contribution in [2.24, 2.45) is 0 Å². The molecule has 2 heterocycles. The van der Waals surface area contributed by atoms with Crippen LogP contribution in [-0.2, 0) is 33.3 Å². The van der Waals surface area contributed by atoms with Crippen LogP contribution < -0.4 is 14.4 Å². The Bertz CT molecular complexity index is 1460. The first-order chi connectivity index (χ1) is 19.0. The van der Waals surface area contributed by atoms with Crippen LogP contribution >= 0.6 is 0 Å². The van der Waals surface area contributed by atoms with E-state index >= 15 is 0 Å². The maximum atomic E-state index is 13.9. The number of benzene rings is 3. The minimum Gasteiger partial charge on any atom is -0.476 e. The van der Waals surface area contributed by atoms with E-state index in [4.69, 9.17) is 4.74 Å². The molecule has 40 heavy (non-hydrogen) atoms. The van der Waals surface area contributed by atoms with Crippen molar-refractivity contribution in [1.82, 2.24) is 10.2 Å². The first kappa shape index (κ1) is 28.2. The number of carbonyl (C=O) groups excluding carboxylic acids is 1. The van der Waals surface area contributed by atoms with Crippen molar-refractivity contribution in [2.75, 3.05) is 23.9 Å². The van der Waals surface area contributed by atoms with E-state index in [2.05, 4.69) is 43.1 Å². The standard InChI is InChI=1S/C32H39N3O4S/c1-23-7-14-27(15-8-23)40(37,38)35-22-30(39-29-16-13-26(19-28(29)35)32(2,3)4)31(36)33-20-24-9-11-25(12-10-24)21-34-17-5-6-18-34/h7-16,19,30H,5-6,17-18,20-22H2,1-4H3,(H,33,36)/t30-/m0/s1. The molecule has 0 radical (unpaired) electrons. The van der Waals surface area contributed by atoms with Gasteiger partial charge in [-0.25, -0.2) is 8.42 Å². The lowest BCUT2D eigenvalue weighted by Crippen LogP contribution is -2.50. The molecule has 1 N–H and O–H groups in total. The van der Waals surface area contributed by atoms with Gasteiger partial charge in [-0.05, 0) is 79.2 Å². The average molecular weight is 562 g/mol. The second-order valence-electron chi connectivity index (χ2n) is 11.9. The molecule has 1 fully saturated rings. The van der Waals surface area contributed by atoms with Gasteiger partial charge in [0.05, 0.1) is 17.1 Å². The fraction of sp³-hybridized carbons (Fsp3) is 0.406. The van der Waals surface area contributed by atoms with Crippen LogP contribution in [0.25, 0.3) is 0 Å². The Hall–Kier alpha value is -3.36. The molecule has 1 atom stereocenters. The number of nitrogens with zero attached hydrogens (tertiary/aromatic N) is 2. The fourth-order valence-corrected chi connectivity index (χ4v) is 6.65. The fourth-order valence-electron chi connectivity index (χ4n) is 5.18. The molecule has 3 aromatic carbocycles. The summed E-state index contributed by atoms with van der Waals surface area (Å²) in [6, 6.07) is 20.6. The molecule has 8 heteroatoms. The molecule has 0 bridgehead atoms. The molecule has 2 aliphatic heterocycles. The predicted molar refractivity (Wildman–Crippen MR) is 158 cm³/mol. The van der Waals surface area contributed by atoms with Crippen LogP contribution in [0.15, 0.2) is 71.6 Å². The average Bonchev–Trinajstić information content (AvgIpc) is 3.44. The molecule has 2 aliphatic rings. The van der Waals surface area contributed by atoms with E-state index in [1.165, 1.54) is 22.7 Å². The van der Waals surface area contributed by atoms with Gasteiger partial charge in [-0.15, -0.1) is 0 Å². The van der Waals surface area contributed by atoms with Crippen LogP contribution in [0, 0.1) is 6.92 Å². The van der Waals surface area contributed by atoms with Crippen LogP contribution in [0.1, 0.15) is 55.9 Å². The van der Waals surface area contributed by atoms with E-state index in [-0.39, 0.29) is 22.8 Å². The van der Waals surface area contributed by atoms with Gasteiger partial charge in [0.1, 0.15) is 5.75 Å². The first-order valence-electron chi connectivity index (χ1n) is 14.0. The lowest BCUT2D eigenvalue weighted by molar-refractivity contribution is -0.127. The van der Waals surface area contributed by atoms with E-state index in [0.29, 0.717) is 18.0 Å². The van der Waals surface area contributed by atoms with Crippen LogP contribution in [0.2, 0.25) is 0 Å². The van der Waals surface area contributed by atoms with Gasteiger partial charge in [-0.3, -0.25) is 14.0 Å². The molecule has 0 aromatic heterocycles. The molecule has 0 saturated carbocycles. The molecular formula is C32H39N3O4S. The van der Waals surface area contributed by atoms with Crippen LogP contribution in [0.5, 0.6) is 5.75 Å². The summed E-state index contributed by atoms with van der Waals surface area (Å²) in [5.74, 6) is 0.0251. The second-order valence-corrected chi connectivity index (χ2v) is 13.8. The van der Waals surface area contributed by atoms with E-state index in [0.717, 1.165) is 36.3 Å². The molecule has 1 saturated heterocycles. The van der Waals surface area contributed by atoms with Gasteiger partial charge in [0.2, 0.25) is 0 Å². The van der Waals surface area contributed by atoms with Crippen LogP contribution in [0.4, 0.5) is 5.69 Å². The second kappa shape index (κ2) is 11.3. The Labute approximate surface area is 238 Å². The number of rotatable bonds is 7. The zero-order valence-corrected chi connectivity index (χ0v) is 24.6.